The van der Waals surface area contributed by atoms with E-state index in [0.29, 0.717) is 16.0 Å². The zero-order valence-electron chi connectivity index (χ0n) is 22.5. The highest BCUT2D eigenvalue weighted by Crippen LogP contribution is 2.34. The van der Waals surface area contributed by atoms with Crippen molar-refractivity contribution in [2.24, 2.45) is 5.92 Å². The predicted octanol–water partition coefficient (Wildman–Crippen LogP) is 3.19. The van der Waals surface area contributed by atoms with Crippen LogP contribution in [0.25, 0.3) is 0 Å². The molecular weight excluding hydrogens is 530 g/mol. The molecule has 2 unspecified atom stereocenters. The number of ether oxygens (including phenoxy) is 3. The molecule has 1 heterocycles. The average Bonchev–Trinajstić information content (AvgIpc) is 3.31. The molecule has 0 fully saturated rings. The molecule has 2 atom stereocenters. The summed E-state index contributed by atoms with van der Waals surface area (Å²) >= 11 is 0. The third kappa shape index (κ3) is 8.47. The van der Waals surface area contributed by atoms with E-state index < -0.39 is 34.4 Å². The van der Waals surface area contributed by atoms with E-state index in [1.165, 1.54) is 25.1 Å². The molecule has 214 valence electrons. The van der Waals surface area contributed by atoms with Gasteiger partial charge in [0.05, 0.1) is 23.6 Å². The van der Waals surface area contributed by atoms with Gasteiger partial charge < -0.3 is 34.8 Å². The van der Waals surface area contributed by atoms with Crippen LogP contribution in [0.15, 0.2) is 47.4 Å². The highest BCUT2D eigenvalue weighted by Gasteiger charge is 2.32. The fourth-order valence-electron chi connectivity index (χ4n) is 3.57. The van der Waals surface area contributed by atoms with Crippen LogP contribution in [0.4, 0.5) is 9.59 Å². The molecule has 3 rings (SSSR count). The van der Waals surface area contributed by atoms with Gasteiger partial charge in [-0.3, -0.25) is 0 Å². The largest absolute Gasteiger partial charge is 0.454 e. The smallest absolute Gasteiger partial charge is 0.427 e. The van der Waals surface area contributed by atoms with Gasteiger partial charge in [0.15, 0.2) is 11.5 Å². The van der Waals surface area contributed by atoms with Gasteiger partial charge in [0.1, 0.15) is 5.75 Å². The minimum absolute atomic E-state index is 0.0165. The van der Waals surface area contributed by atoms with Gasteiger partial charge in [0.25, 0.3) is 10.0 Å². The van der Waals surface area contributed by atoms with Crippen LogP contribution >= 0.6 is 0 Å². The predicted molar refractivity (Wildman–Crippen MR) is 141 cm³/mol. The Kier molecular flexibility index (Phi) is 10.0. The number of aliphatic hydroxyl groups excluding tert-OH is 1. The third-order valence-corrected chi connectivity index (χ3v) is 7.10. The van der Waals surface area contributed by atoms with E-state index >= 15 is 0 Å². The van der Waals surface area contributed by atoms with Crippen LogP contribution in [0.5, 0.6) is 17.2 Å². The molecular formula is C26H35N3O9S. The molecule has 1 aliphatic heterocycles. The summed E-state index contributed by atoms with van der Waals surface area (Å²) < 4.78 is 43.0. The Balaban J connectivity index is 1.68. The molecule has 2 aromatic carbocycles. The van der Waals surface area contributed by atoms with Crippen LogP contribution in [0, 0.1) is 5.92 Å². The topological polar surface area (TPSA) is 153 Å². The minimum Gasteiger partial charge on any atom is -0.454 e. The zero-order valence-corrected chi connectivity index (χ0v) is 23.4. The van der Waals surface area contributed by atoms with Crippen molar-refractivity contribution >= 4 is 22.2 Å². The first-order chi connectivity index (χ1) is 18.3. The molecule has 0 aromatic heterocycles. The number of sulfonamides is 1. The van der Waals surface area contributed by atoms with Crippen LogP contribution in [0.1, 0.15) is 40.2 Å². The van der Waals surface area contributed by atoms with Gasteiger partial charge in [0.2, 0.25) is 6.79 Å². The van der Waals surface area contributed by atoms with Crippen LogP contribution in [-0.2, 0) is 21.3 Å². The Morgan fingerprint density at radius 3 is 2.26 bits per heavy atom. The van der Waals surface area contributed by atoms with Crippen molar-refractivity contribution in [2.45, 2.75) is 64.1 Å². The zero-order chi connectivity index (χ0) is 28.7. The van der Waals surface area contributed by atoms with Crippen LogP contribution < -0.4 is 24.8 Å². The van der Waals surface area contributed by atoms with Gasteiger partial charge in [-0.2, -0.15) is 0 Å². The average molecular weight is 566 g/mol. The summed E-state index contributed by atoms with van der Waals surface area (Å²) in [5.74, 6) is 0.853. The van der Waals surface area contributed by atoms with Gasteiger partial charge in [-0.25, -0.2) is 18.0 Å². The monoisotopic (exact) mass is 565 g/mol. The summed E-state index contributed by atoms with van der Waals surface area (Å²) in [6.45, 7) is 8.56. The molecule has 0 saturated heterocycles. The van der Waals surface area contributed by atoms with Gasteiger partial charge in [0, 0.05) is 12.1 Å². The van der Waals surface area contributed by atoms with Gasteiger partial charge in [-0.05, 0) is 67.4 Å². The standard InChI is InChI=1S/C26H35N3O9S/c1-16(2)14-29(39(33,34)21-10-11-23-24(13-21)36-15-35-23)38-26(32)28-22(18(5)30)12-19-6-8-20(9-7-19)37-25(31)27-17(3)4/h6-11,13,16-18,22,30H,12,14-15H2,1-5H3,(H,27,31)(H,28,32). The molecule has 3 N–H and O–H groups in total. The lowest BCUT2D eigenvalue weighted by Crippen LogP contribution is -2.47. The second kappa shape index (κ2) is 13.0. The SMILES string of the molecule is CC(C)CN(OC(=O)NC(Cc1ccc(OC(=O)NC(C)C)cc1)C(C)O)S(=O)(=O)c1ccc2c(c1)OCO2. The maximum absolute atomic E-state index is 13.3. The molecule has 12 nitrogen and oxygen atoms in total. The van der Waals surface area contributed by atoms with Crippen molar-refractivity contribution < 1.29 is 42.2 Å². The normalized spacial score (nSPS) is 14.3. The molecule has 2 amide bonds. The van der Waals surface area contributed by atoms with Gasteiger partial charge >= 0.3 is 12.2 Å². The Hall–Kier alpha value is -3.55. The second-order valence-corrected chi connectivity index (χ2v) is 11.6. The third-order valence-electron chi connectivity index (χ3n) is 5.49. The summed E-state index contributed by atoms with van der Waals surface area (Å²) in [6, 6.07) is 9.81. The fourth-order valence-corrected chi connectivity index (χ4v) is 4.96. The van der Waals surface area contributed by atoms with E-state index in [0.717, 1.165) is 5.56 Å². The van der Waals surface area contributed by atoms with Crippen molar-refractivity contribution in [3.8, 4) is 17.2 Å². The molecule has 2 aromatic rings. The number of rotatable bonds is 11. The number of nitrogens with one attached hydrogen (secondary N) is 2. The van der Waals surface area contributed by atoms with Crippen molar-refractivity contribution in [1.82, 2.24) is 15.1 Å². The Morgan fingerprint density at radius 2 is 1.64 bits per heavy atom. The number of benzene rings is 2. The van der Waals surface area contributed by atoms with Gasteiger partial charge in [-0.1, -0.05) is 26.0 Å². The van der Waals surface area contributed by atoms with Crippen molar-refractivity contribution in [3.63, 3.8) is 0 Å². The maximum Gasteiger partial charge on any atom is 0.427 e. The van der Waals surface area contributed by atoms with E-state index in [4.69, 9.17) is 19.0 Å². The lowest BCUT2D eigenvalue weighted by molar-refractivity contribution is -0.0323. The highest BCUT2D eigenvalue weighted by atomic mass is 32.2. The van der Waals surface area contributed by atoms with E-state index in [9.17, 15) is 23.1 Å². The fraction of sp³-hybridized carbons (Fsp3) is 0.462. The molecule has 13 heteroatoms. The highest BCUT2D eigenvalue weighted by molar-refractivity contribution is 7.89. The lowest BCUT2D eigenvalue weighted by Gasteiger charge is -2.25. The van der Waals surface area contributed by atoms with Crippen molar-refractivity contribution in [2.75, 3.05) is 13.3 Å². The molecule has 0 aliphatic carbocycles. The van der Waals surface area contributed by atoms with Crippen LogP contribution in [-0.4, -0.2) is 61.7 Å². The summed E-state index contributed by atoms with van der Waals surface area (Å²) in [5, 5.41) is 15.4. The van der Waals surface area contributed by atoms with Crippen molar-refractivity contribution in [3.05, 3.63) is 48.0 Å². The van der Waals surface area contributed by atoms with Crippen molar-refractivity contribution in [1.29, 1.82) is 0 Å². The number of hydrogen-bond acceptors (Lipinski definition) is 9. The molecule has 0 radical (unpaired) electrons. The molecule has 0 saturated carbocycles. The van der Waals surface area contributed by atoms with E-state index in [1.54, 1.807) is 38.1 Å². The Morgan fingerprint density at radius 1 is 0.974 bits per heavy atom. The number of aliphatic hydroxyl groups is 1. The van der Waals surface area contributed by atoms with Crippen LogP contribution in [0.2, 0.25) is 0 Å². The number of amides is 2. The number of hydroxylamine groups is 1. The number of carbonyl (C=O) groups excluding carboxylic acids is 2. The van der Waals surface area contributed by atoms with Gasteiger partial charge in [-0.15, -0.1) is 0 Å². The van der Waals surface area contributed by atoms with E-state index in [-0.39, 0.29) is 42.4 Å². The number of nitrogens with zero attached hydrogens (tertiary/aromatic N) is 1. The van der Waals surface area contributed by atoms with Crippen LogP contribution in [0.3, 0.4) is 0 Å². The first-order valence-electron chi connectivity index (χ1n) is 12.5. The Bertz CT molecular complexity index is 1250. The quantitative estimate of drug-likeness (QED) is 0.349. The van der Waals surface area contributed by atoms with E-state index in [1.807, 2.05) is 13.8 Å². The minimum atomic E-state index is -4.24. The summed E-state index contributed by atoms with van der Waals surface area (Å²) in [6.07, 6.45) is -2.42. The number of hydrogen-bond donors (Lipinski definition) is 3. The molecule has 0 spiro atoms. The number of fused-ring (bicyclic) bond motifs is 1. The second-order valence-electron chi connectivity index (χ2n) is 9.81. The summed E-state index contributed by atoms with van der Waals surface area (Å²) in [7, 11) is -4.24. The lowest BCUT2D eigenvalue weighted by atomic mass is 10.0. The molecule has 0 bridgehead atoms. The molecule has 1 aliphatic rings. The maximum atomic E-state index is 13.3. The summed E-state index contributed by atoms with van der Waals surface area (Å²) in [4.78, 5) is 29.7. The first-order valence-corrected chi connectivity index (χ1v) is 14.0. The first kappa shape index (κ1) is 30.0. The Labute approximate surface area is 228 Å². The van der Waals surface area contributed by atoms with E-state index in [2.05, 4.69) is 10.6 Å². The number of carbonyl (C=O) groups is 2. The summed E-state index contributed by atoms with van der Waals surface area (Å²) in [5.41, 5.74) is 0.727. The molecule has 39 heavy (non-hydrogen) atoms.